The molecule has 1 aromatic carbocycles. The van der Waals surface area contributed by atoms with Crippen molar-refractivity contribution >= 4 is 22.8 Å². The Hall–Kier alpha value is -2.38. The van der Waals surface area contributed by atoms with Crippen LogP contribution < -0.4 is 0 Å². The fourth-order valence-electron chi connectivity index (χ4n) is 4.82. The van der Waals surface area contributed by atoms with Crippen LogP contribution in [0.15, 0.2) is 22.8 Å². The predicted molar refractivity (Wildman–Crippen MR) is 112 cm³/mol. The maximum atomic E-state index is 12.9. The third-order valence-electron chi connectivity index (χ3n) is 6.66. The van der Waals surface area contributed by atoms with E-state index < -0.39 is 0 Å². The van der Waals surface area contributed by atoms with Crippen molar-refractivity contribution in [2.45, 2.75) is 25.7 Å². The Kier molecular flexibility index (Phi) is 5.48. The summed E-state index contributed by atoms with van der Waals surface area (Å²) >= 11 is 0. The van der Waals surface area contributed by atoms with Crippen LogP contribution in [0.4, 0.5) is 0 Å². The Morgan fingerprint density at radius 1 is 0.867 bits per heavy atom. The van der Waals surface area contributed by atoms with Gasteiger partial charge < -0.3 is 19.0 Å². The number of piperazine rings is 1. The Balaban J connectivity index is 1.16. The number of nitrogens with zero attached hydrogens (tertiary/aromatic N) is 3. The molecule has 2 aliphatic heterocycles. The molecule has 2 saturated heterocycles. The molecule has 0 bridgehead atoms. The predicted octanol–water partition coefficient (Wildman–Crippen LogP) is 1.47. The molecule has 2 amide bonds. The number of rotatable bonds is 4. The van der Waals surface area contributed by atoms with E-state index in [1.54, 1.807) is 6.26 Å². The highest BCUT2D eigenvalue weighted by Gasteiger charge is 2.26. The number of furan rings is 1. The first-order valence-electron chi connectivity index (χ1n) is 11.0. The van der Waals surface area contributed by atoms with Crippen LogP contribution in [0.25, 0.3) is 11.0 Å². The summed E-state index contributed by atoms with van der Waals surface area (Å²) in [6, 6.07) is 4.36. The molecule has 0 atom stereocenters. The van der Waals surface area contributed by atoms with E-state index in [0.717, 1.165) is 42.5 Å². The summed E-state index contributed by atoms with van der Waals surface area (Å²) in [6.07, 6.45) is 5.52. The van der Waals surface area contributed by atoms with E-state index in [0.29, 0.717) is 52.4 Å². The van der Waals surface area contributed by atoms with E-state index in [9.17, 15) is 9.59 Å². The maximum Gasteiger partial charge on any atom is 0.236 e. The number of hydrogen-bond donors (Lipinski definition) is 0. The molecule has 0 N–H and O–H groups in total. The van der Waals surface area contributed by atoms with Crippen molar-refractivity contribution in [3.8, 4) is 0 Å². The number of carbonyl (C=O) groups is 2. The summed E-state index contributed by atoms with van der Waals surface area (Å²) in [5.74, 6) is 0.261. The van der Waals surface area contributed by atoms with Crippen molar-refractivity contribution in [3.63, 3.8) is 0 Å². The van der Waals surface area contributed by atoms with Gasteiger partial charge in [-0.1, -0.05) is 0 Å². The molecule has 1 aliphatic carbocycles. The third-order valence-corrected chi connectivity index (χ3v) is 6.66. The largest absolute Gasteiger partial charge is 0.464 e. The van der Waals surface area contributed by atoms with Gasteiger partial charge in [-0.2, -0.15) is 0 Å². The summed E-state index contributed by atoms with van der Waals surface area (Å²) in [6.45, 7) is 5.86. The first kappa shape index (κ1) is 19.6. The lowest BCUT2D eigenvalue weighted by Gasteiger charge is -2.36. The third kappa shape index (κ3) is 3.96. The molecule has 0 spiro atoms. The van der Waals surface area contributed by atoms with Crippen molar-refractivity contribution in [1.82, 2.24) is 14.7 Å². The van der Waals surface area contributed by atoms with Crippen molar-refractivity contribution in [3.05, 3.63) is 35.1 Å². The van der Waals surface area contributed by atoms with Gasteiger partial charge in [-0.05, 0) is 42.5 Å². The highest BCUT2D eigenvalue weighted by Crippen LogP contribution is 2.30. The zero-order valence-electron chi connectivity index (χ0n) is 17.4. The van der Waals surface area contributed by atoms with Crippen LogP contribution in [-0.4, -0.2) is 85.5 Å². The van der Waals surface area contributed by atoms with E-state index in [-0.39, 0.29) is 11.8 Å². The van der Waals surface area contributed by atoms with E-state index in [4.69, 9.17) is 9.15 Å². The number of hydrogen-bond acceptors (Lipinski definition) is 5. The molecule has 3 aliphatic rings. The maximum absolute atomic E-state index is 12.9. The second-order valence-corrected chi connectivity index (χ2v) is 8.56. The summed E-state index contributed by atoms with van der Waals surface area (Å²) < 4.78 is 11.1. The van der Waals surface area contributed by atoms with Crippen LogP contribution in [-0.2, 0) is 33.6 Å². The van der Waals surface area contributed by atoms with Gasteiger partial charge in [0.25, 0.3) is 0 Å². The topological polar surface area (TPSA) is 66.2 Å². The molecule has 7 heteroatoms. The van der Waals surface area contributed by atoms with Gasteiger partial charge in [0.1, 0.15) is 5.58 Å². The number of aryl methyl sites for hydroxylation is 2. The van der Waals surface area contributed by atoms with Crippen molar-refractivity contribution in [1.29, 1.82) is 0 Å². The van der Waals surface area contributed by atoms with Crippen LogP contribution in [0, 0.1) is 0 Å². The first-order valence-corrected chi connectivity index (χ1v) is 11.0. The SMILES string of the molecule is O=C(Cc1coc2cc3c(cc12)CCC3)N1CCN(C(=O)CN2CCOCC2)CC1. The smallest absolute Gasteiger partial charge is 0.236 e. The van der Waals surface area contributed by atoms with Gasteiger partial charge in [0.2, 0.25) is 11.8 Å². The van der Waals surface area contributed by atoms with Gasteiger partial charge in [0.05, 0.1) is 32.4 Å². The van der Waals surface area contributed by atoms with Gasteiger partial charge in [0.15, 0.2) is 0 Å². The van der Waals surface area contributed by atoms with Gasteiger partial charge in [-0.3, -0.25) is 14.5 Å². The molecular formula is C23H29N3O4. The lowest BCUT2D eigenvalue weighted by atomic mass is 10.0. The van der Waals surface area contributed by atoms with Crippen molar-refractivity contribution in [2.24, 2.45) is 0 Å². The second kappa shape index (κ2) is 8.40. The minimum absolute atomic E-state index is 0.110. The molecule has 0 radical (unpaired) electrons. The first-order chi connectivity index (χ1) is 14.7. The number of ether oxygens (including phenoxy) is 1. The summed E-state index contributed by atoms with van der Waals surface area (Å²) in [5, 5.41) is 1.07. The molecule has 3 heterocycles. The zero-order chi connectivity index (χ0) is 20.5. The average molecular weight is 412 g/mol. The van der Waals surface area contributed by atoms with E-state index >= 15 is 0 Å². The Bertz CT molecular complexity index is 939. The number of carbonyl (C=O) groups excluding carboxylic acids is 2. The van der Waals surface area contributed by atoms with Crippen molar-refractivity contribution in [2.75, 3.05) is 59.0 Å². The van der Waals surface area contributed by atoms with E-state index in [2.05, 4.69) is 17.0 Å². The number of morpholine rings is 1. The molecule has 0 saturated carbocycles. The molecule has 2 aromatic rings. The molecular weight excluding hydrogens is 382 g/mol. The Morgan fingerprint density at radius 2 is 1.53 bits per heavy atom. The minimum Gasteiger partial charge on any atom is -0.464 e. The summed E-state index contributed by atoms with van der Waals surface area (Å²) in [7, 11) is 0. The monoisotopic (exact) mass is 411 g/mol. The van der Waals surface area contributed by atoms with Crippen LogP contribution in [0.2, 0.25) is 0 Å². The van der Waals surface area contributed by atoms with Gasteiger partial charge in [-0.25, -0.2) is 0 Å². The number of fused-ring (bicyclic) bond motifs is 2. The lowest BCUT2D eigenvalue weighted by Crippen LogP contribution is -2.53. The molecule has 7 nitrogen and oxygen atoms in total. The summed E-state index contributed by atoms with van der Waals surface area (Å²) in [4.78, 5) is 31.4. The Morgan fingerprint density at radius 3 is 2.27 bits per heavy atom. The summed E-state index contributed by atoms with van der Waals surface area (Å²) in [5.41, 5.74) is 4.63. The van der Waals surface area contributed by atoms with Crippen LogP contribution in [0.3, 0.4) is 0 Å². The fraction of sp³-hybridized carbons (Fsp3) is 0.565. The van der Waals surface area contributed by atoms with Crippen LogP contribution in [0.1, 0.15) is 23.1 Å². The molecule has 1 aromatic heterocycles. The van der Waals surface area contributed by atoms with Gasteiger partial charge in [0, 0.05) is 50.2 Å². The van der Waals surface area contributed by atoms with Gasteiger partial charge >= 0.3 is 0 Å². The van der Waals surface area contributed by atoms with Crippen molar-refractivity contribution < 1.29 is 18.7 Å². The van der Waals surface area contributed by atoms with Gasteiger partial charge in [-0.15, -0.1) is 0 Å². The van der Waals surface area contributed by atoms with E-state index in [1.165, 1.54) is 17.5 Å². The molecule has 30 heavy (non-hydrogen) atoms. The highest BCUT2D eigenvalue weighted by atomic mass is 16.5. The molecule has 160 valence electrons. The second-order valence-electron chi connectivity index (χ2n) is 8.56. The minimum atomic E-state index is 0.110. The van der Waals surface area contributed by atoms with Crippen LogP contribution in [0.5, 0.6) is 0 Å². The standard InChI is InChI=1S/C23H29N3O4/c27-22(14-19-16-30-21-13-18-3-1-2-17(18)12-20(19)21)25-4-6-26(7-5-25)23(28)15-24-8-10-29-11-9-24/h12-13,16H,1-11,14-15H2. The van der Waals surface area contributed by atoms with E-state index in [1.807, 2.05) is 9.80 Å². The highest BCUT2D eigenvalue weighted by molar-refractivity contribution is 5.89. The number of benzene rings is 1. The molecule has 5 rings (SSSR count). The normalized spacial score (nSPS) is 20.0. The Labute approximate surface area is 176 Å². The average Bonchev–Trinajstić information content (AvgIpc) is 3.39. The molecule has 0 unspecified atom stereocenters. The zero-order valence-corrected chi connectivity index (χ0v) is 17.4. The number of amides is 2. The lowest BCUT2D eigenvalue weighted by molar-refractivity contribution is -0.140. The van der Waals surface area contributed by atoms with Crippen LogP contribution >= 0.6 is 0 Å². The molecule has 2 fully saturated rings. The quantitative estimate of drug-likeness (QED) is 0.762. The fourth-order valence-corrected chi connectivity index (χ4v) is 4.82.